The van der Waals surface area contributed by atoms with Crippen molar-refractivity contribution >= 4 is 26.8 Å². The molecule has 108 valence electrons. The number of aliphatic hydroxyl groups is 1. The second-order valence-corrected chi connectivity index (χ2v) is 5.74. The van der Waals surface area contributed by atoms with Crippen LogP contribution in [-0.2, 0) is 13.2 Å². The van der Waals surface area contributed by atoms with Gasteiger partial charge in [-0.1, -0.05) is 34.1 Å². The molecule has 0 amide bonds. The molecule has 0 unspecified atom stereocenters. The summed E-state index contributed by atoms with van der Waals surface area (Å²) in [5.41, 5.74) is 2.03. The fourth-order valence-corrected chi connectivity index (χ4v) is 2.71. The molecule has 21 heavy (non-hydrogen) atoms. The maximum atomic E-state index is 9.46. The van der Waals surface area contributed by atoms with Gasteiger partial charge in [-0.3, -0.25) is 0 Å². The first-order chi connectivity index (χ1) is 10.3. The highest BCUT2D eigenvalue weighted by molar-refractivity contribution is 9.10. The Morgan fingerprint density at radius 1 is 1.05 bits per heavy atom. The Balaban J connectivity index is 1.72. The molecule has 0 saturated heterocycles. The first kappa shape index (κ1) is 14.2. The number of hydrogen-bond donors (Lipinski definition) is 1. The third-order valence-corrected chi connectivity index (χ3v) is 3.99. The molecule has 0 saturated carbocycles. The molecule has 3 rings (SSSR count). The van der Waals surface area contributed by atoms with Gasteiger partial charge in [-0.25, -0.2) is 0 Å². The van der Waals surface area contributed by atoms with Crippen LogP contribution in [0.15, 0.2) is 59.2 Å². The molecule has 2 aromatic carbocycles. The van der Waals surface area contributed by atoms with Gasteiger partial charge in [0.05, 0.1) is 18.7 Å². The van der Waals surface area contributed by atoms with Crippen LogP contribution in [0.3, 0.4) is 0 Å². The fraction of sp³-hybridized carbons (Fsp3) is 0.176. The van der Waals surface area contributed by atoms with Crippen LogP contribution in [0.5, 0.6) is 5.75 Å². The van der Waals surface area contributed by atoms with E-state index in [-0.39, 0.29) is 6.61 Å². The van der Waals surface area contributed by atoms with E-state index in [1.54, 1.807) is 0 Å². The number of aromatic nitrogens is 1. The zero-order valence-corrected chi connectivity index (χ0v) is 13.1. The van der Waals surface area contributed by atoms with Crippen LogP contribution in [0, 0.1) is 0 Å². The topological polar surface area (TPSA) is 34.4 Å². The molecule has 0 aliphatic rings. The van der Waals surface area contributed by atoms with Crippen LogP contribution in [0.4, 0.5) is 0 Å². The predicted molar refractivity (Wildman–Crippen MR) is 87.5 cm³/mol. The molecular formula is C17H16BrNO2. The summed E-state index contributed by atoms with van der Waals surface area (Å²) in [6.45, 7) is 1.39. The van der Waals surface area contributed by atoms with Gasteiger partial charge in [0.25, 0.3) is 0 Å². The molecule has 4 heteroatoms. The van der Waals surface area contributed by atoms with Crippen molar-refractivity contribution in [3.8, 4) is 5.75 Å². The van der Waals surface area contributed by atoms with Crippen LogP contribution in [0.2, 0.25) is 0 Å². The lowest BCUT2D eigenvalue weighted by Crippen LogP contribution is -2.08. The Morgan fingerprint density at radius 2 is 1.86 bits per heavy atom. The maximum Gasteiger partial charge on any atom is 0.119 e. The van der Waals surface area contributed by atoms with Crippen molar-refractivity contribution in [3.63, 3.8) is 0 Å². The van der Waals surface area contributed by atoms with Gasteiger partial charge in [-0.05, 0) is 35.7 Å². The number of para-hydroxylation sites is 1. The summed E-state index contributed by atoms with van der Waals surface area (Å²) in [6.07, 6.45) is 2.04. The zero-order chi connectivity index (χ0) is 14.7. The van der Waals surface area contributed by atoms with Crippen molar-refractivity contribution in [2.24, 2.45) is 0 Å². The van der Waals surface area contributed by atoms with Gasteiger partial charge in [-0.2, -0.15) is 0 Å². The van der Waals surface area contributed by atoms with E-state index >= 15 is 0 Å². The molecule has 1 N–H and O–H groups in total. The van der Waals surface area contributed by atoms with Gasteiger partial charge >= 0.3 is 0 Å². The van der Waals surface area contributed by atoms with E-state index in [0.29, 0.717) is 6.61 Å². The number of hydrogen-bond acceptors (Lipinski definition) is 2. The summed E-state index contributed by atoms with van der Waals surface area (Å²) in [7, 11) is 0. The molecule has 3 aromatic rings. The van der Waals surface area contributed by atoms with Crippen molar-refractivity contribution in [2.75, 3.05) is 6.61 Å². The second-order valence-electron chi connectivity index (χ2n) is 4.82. The highest BCUT2D eigenvalue weighted by Gasteiger charge is 2.05. The maximum absolute atomic E-state index is 9.46. The number of halogens is 1. The van der Waals surface area contributed by atoms with Gasteiger partial charge in [-0.15, -0.1) is 0 Å². The third-order valence-electron chi connectivity index (χ3n) is 3.46. The molecule has 0 spiro atoms. The van der Waals surface area contributed by atoms with Gasteiger partial charge in [0.15, 0.2) is 0 Å². The van der Waals surface area contributed by atoms with E-state index in [9.17, 15) is 5.11 Å². The Hall–Kier alpha value is -1.78. The van der Waals surface area contributed by atoms with Crippen LogP contribution in [0.1, 0.15) is 5.56 Å². The van der Waals surface area contributed by atoms with Crippen molar-refractivity contribution in [1.82, 2.24) is 4.57 Å². The number of benzene rings is 2. The van der Waals surface area contributed by atoms with Crippen molar-refractivity contribution < 1.29 is 9.84 Å². The predicted octanol–water partition coefficient (Wildman–Crippen LogP) is 3.98. The molecule has 0 aliphatic carbocycles. The first-order valence-electron chi connectivity index (χ1n) is 6.84. The Bertz CT molecular complexity index is 734. The average molecular weight is 346 g/mol. The fourth-order valence-electron chi connectivity index (χ4n) is 2.45. The van der Waals surface area contributed by atoms with Crippen molar-refractivity contribution in [2.45, 2.75) is 13.2 Å². The standard InChI is InChI=1S/C17H16BrNO2/c18-15-4-6-16(7-5-15)21-11-10-19-9-8-13-2-1-3-14(12-20)17(13)19/h1-9,20H,10-12H2. The van der Waals surface area contributed by atoms with Gasteiger partial charge in [0.1, 0.15) is 12.4 Å². The Kier molecular flexibility index (Phi) is 4.27. The summed E-state index contributed by atoms with van der Waals surface area (Å²) in [5, 5.41) is 10.6. The molecule has 0 fully saturated rings. The number of nitrogens with zero attached hydrogens (tertiary/aromatic N) is 1. The Morgan fingerprint density at radius 3 is 2.62 bits per heavy atom. The van der Waals surface area contributed by atoms with Crippen molar-refractivity contribution in [1.29, 1.82) is 0 Å². The van der Waals surface area contributed by atoms with Crippen LogP contribution >= 0.6 is 15.9 Å². The lowest BCUT2D eigenvalue weighted by Gasteiger charge is -2.10. The molecule has 0 aliphatic heterocycles. The van der Waals surface area contributed by atoms with Gasteiger partial charge < -0.3 is 14.4 Å². The minimum absolute atomic E-state index is 0.0505. The second kappa shape index (κ2) is 6.33. The van der Waals surface area contributed by atoms with E-state index in [1.165, 1.54) is 0 Å². The number of fused-ring (bicyclic) bond motifs is 1. The van der Waals surface area contributed by atoms with E-state index in [0.717, 1.165) is 33.2 Å². The van der Waals surface area contributed by atoms with Crippen LogP contribution in [0.25, 0.3) is 10.9 Å². The van der Waals surface area contributed by atoms with E-state index in [1.807, 2.05) is 42.6 Å². The summed E-state index contributed by atoms with van der Waals surface area (Å²) >= 11 is 3.40. The molecule has 0 atom stereocenters. The van der Waals surface area contributed by atoms with Crippen molar-refractivity contribution in [3.05, 3.63) is 64.8 Å². The molecule has 0 bridgehead atoms. The van der Waals surface area contributed by atoms with E-state index in [2.05, 4.69) is 32.6 Å². The minimum atomic E-state index is 0.0505. The minimum Gasteiger partial charge on any atom is -0.492 e. The van der Waals surface area contributed by atoms with Gasteiger partial charge in [0, 0.05) is 16.2 Å². The highest BCUT2D eigenvalue weighted by atomic mass is 79.9. The molecule has 3 nitrogen and oxygen atoms in total. The van der Waals surface area contributed by atoms with Crippen LogP contribution < -0.4 is 4.74 Å². The molecule has 1 heterocycles. The highest BCUT2D eigenvalue weighted by Crippen LogP contribution is 2.21. The molecular weight excluding hydrogens is 330 g/mol. The largest absolute Gasteiger partial charge is 0.492 e. The summed E-state index contributed by atoms with van der Waals surface area (Å²) in [6, 6.07) is 15.8. The lowest BCUT2D eigenvalue weighted by atomic mass is 10.1. The van der Waals surface area contributed by atoms with Crippen LogP contribution in [-0.4, -0.2) is 16.3 Å². The summed E-state index contributed by atoms with van der Waals surface area (Å²) in [5.74, 6) is 0.858. The summed E-state index contributed by atoms with van der Waals surface area (Å²) < 4.78 is 8.92. The molecule has 0 radical (unpaired) electrons. The van der Waals surface area contributed by atoms with Gasteiger partial charge in [0.2, 0.25) is 0 Å². The monoisotopic (exact) mass is 345 g/mol. The molecule has 1 aromatic heterocycles. The summed E-state index contributed by atoms with van der Waals surface area (Å²) in [4.78, 5) is 0. The smallest absolute Gasteiger partial charge is 0.119 e. The SMILES string of the molecule is OCc1cccc2ccn(CCOc3ccc(Br)cc3)c12. The lowest BCUT2D eigenvalue weighted by molar-refractivity contribution is 0.281. The average Bonchev–Trinajstić information content (AvgIpc) is 2.93. The Labute approximate surface area is 131 Å². The first-order valence-corrected chi connectivity index (χ1v) is 7.63. The normalized spacial score (nSPS) is 11.0. The third kappa shape index (κ3) is 3.12. The zero-order valence-electron chi connectivity index (χ0n) is 11.5. The van der Waals surface area contributed by atoms with E-state index in [4.69, 9.17) is 4.74 Å². The number of rotatable bonds is 5. The number of aliphatic hydroxyl groups excluding tert-OH is 1. The quantitative estimate of drug-likeness (QED) is 0.758. The number of ether oxygens (including phenoxy) is 1. The van der Waals surface area contributed by atoms with E-state index < -0.39 is 0 Å².